The summed E-state index contributed by atoms with van der Waals surface area (Å²) in [6, 6.07) is -2.58. The largest absolute Gasteiger partial charge is 0.380 e. The number of amides is 4. The van der Waals surface area contributed by atoms with E-state index in [-0.39, 0.29) is 35.6 Å². The van der Waals surface area contributed by atoms with Crippen LogP contribution in [0, 0.1) is 38.9 Å². The van der Waals surface area contributed by atoms with Crippen molar-refractivity contribution >= 4 is 39.6 Å². The van der Waals surface area contributed by atoms with Gasteiger partial charge in [0, 0.05) is 57.5 Å². The number of likely N-dealkylation sites (N-methyl/N-ethyl adjacent to an activating group) is 1. The maximum Gasteiger partial charge on any atom is 0.287 e. The van der Waals surface area contributed by atoms with Crippen LogP contribution in [0.25, 0.3) is 0 Å². The van der Waals surface area contributed by atoms with Crippen molar-refractivity contribution in [2.24, 2.45) is 44.6 Å². The lowest BCUT2D eigenvalue weighted by Gasteiger charge is -2.37. The number of nitrogens with zero attached hydrogens (tertiary/aromatic N) is 3. The van der Waals surface area contributed by atoms with Gasteiger partial charge in [0.15, 0.2) is 0 Å². The van der Waals surface area contributed by atoms with Crippen molar-refractivity contribution in [3.8, 4) is 0 Å². The Hall–Kier alpha value is -2.62. The van der Waals surface area contributed by atoms with Crippen molar-refractivity contribution in [2.45, 2.75) is 112 Å². The average Bonchev–Trinajstić information content (AvgIpc) is 3.18. The van der Waals surface area contributed by atoms with Gasteiger partial charge < -0.3 is 26.0 Å². The summed E-state index contributed by atoms with van der Waals surface area (Å²) >= 11 is 0. The number of Topliss-reactive ketones (excluding diaryl/α,β-unsaturated/α-hetero) is 1. The summed E-state index contributed by atoms with van der Waals surface area (Å²) in [7, 11) is 0.610. The quantitative estimate of drug-likeness (QED) is 0.225. The van der Waals surface area contributed by atoms with E-state index in [1.165, 1.54) is 25.4 Å². The molecule has 0 bridgehead atoms. The molecule has 15 heteroatoms. The lowest BCUT2D eigenvalue weighted by atomic mass is 9.77. The number of ketones is 1. The minimum absolute atomic E-state index is 0.0199. The highest BCUT2D eigenvalue weighted by Crippen LogP contribution is 2.84. The highest BCUT2D eigenvalue weighted by molar-refractivity contribution is 7.86. The maximum atomic E-state index is 14.8. The molecule has 4 N–H and O–H groups in total. The lowest BCUT2D eigenvalue weighted by molar-refractivity contribution is -0.147. The molecule has 0 unspecified atom stereocenters. The number of nitrogens with one attached hydrogen (secondary N) is 2. The summed E-state index contributed by atoms with van der Waals surface area (Å²) in [5.41, 5.74) is 3.34. The molecule has 0 aromatic carbocycles. The molecule has 4 aliphatic rings. The van der Waals surface area contributed by atoms with Gasteiger partial charge in [0.05, 0.1) is 25.2 Å². The highest BCUT2D eigenvalue weighted by Gasteiger charge is 2.86. The van der Waals surface area contributed by atoms with Crippen LogP contribution in [0.4, 0.5) is 0 Å². The van der Waals surface area contributed by atoms with E-state index in [4.69, 9.17) is 10.5 Å². The van der Waals surface area contributed by atoms with Gasteiger partial charge >= 0.3 is 0 Å². The Morgan fingerprint density at radius 2 is 1.53 bits per heavy atom. The Balaban J connectivity index is 1.61. The molecule has 2 saturated carbocycles. The summed E-state index contributed by atoms with van der Waals surface area (Å²) in [5, 5.41) is 5.85. The number of hydrogen-bond acceptors (Lipinski definition) is 8. The van der Waals surface area contributed by atoms with Gasteiger partial charge in [-0.1, -0.05) is 74.7 Å². The van der Waals surface area contributed by atoms with Crippen LogP contribution < -0.4 is 16.4 Å². The van der Waals surface area contributed by atoms with Crippen molar-refractivity contribution in [1.29, 1.82) is 0 Å². The van der Waals surface area contributed by atoms with E-state index in [1.54, 1.807) is 4.90 Å². The van der Waals surface area contributed by atoms with Crippen LogP contribution in [0.15, 0.2) is 0 Å². The smallest absolute Gasteiger partial charge is 0.287 e. The van der Waals surface area contributed by atoms with Gasteiger partial charge in [-0.3, -0.25) is 24.0 Å². The molecule has 4 rings (SSSR count). The van der Waals surface area contributed by atoms with Gasteiger partial charge in [-0.25, -0.2) is 0 Å². The fourth-order valence-corrected chi connectivity index (χ4v) is 9.57. The van der Waals surface area contributed by atoms with Gasteiger partial charge in [0.1, 0.15) is 6.04 Å². The summed E-state index contributed by atoms with van der Waals surface area (Å²) in [6.07, 6.45) is 3.32. The molecular formula is C36H62N6O8S. The fourth-order valence-electron chi connectivity index (χ4n) is 8.68. The van der Waals surface area contributed by atoms with Gasteiger partial charge in [0.2, 0.25) is 23.5 Å². The molecule has 290 valence electrons. The number of fused-ring (bicyclic) bond motifs is 1. The molecule has 2 aliphatic carbocycles. The minimum Gasteiger partial charge on any atom is -0.380 e. The molecule has 5 atom stereocenters. The van der Waals surface area contributed by atoms with E-state index < -0.39 is 74.0 Å². The third-order valence-electron chi connectivity index (χ3n) is 13.0. The van der Waals surface area contributed by atoms with E-state index in [1.807, 2.05) is 41.5 Å². The monoisotopic (exact) mass is 738 g/mol. The Kier molecular flexibility index (Phi) is 11.3. The van der Waals surface area contributed by atoms with Crippen molar-refractivity contribution in [3.63, 3.8) is 0 Å². The van der Waals surface area contributed by atoms with Crippen LogP contribution in [-0.4, -0.2) is 117 Å². The maximum absolute atomic E-state index is 14.8. The lowest BCUT2D eigenvalue weighted by Crippen LogP contribution is -2.55. The Morgan fingerprint density at radius 1 is 0.941 bits per heavy atom. The van der Waals surface area contributed by atoms with Gasteiger partial charge in [0.25, 0.3) is 16.1 Å². The van der Waals surface area contributed by atoms with Crippen molar-refractivity contribution in [1.82, 2.24) is 24.1 Å². The van der Waals surface area contributed by atoms with Crippen molar-refractivity contribution in [3.05, 3.63) is 0 Å². The Bertz CT molecular complexity index is 1510. The number of primary amides is 1. The molecule has 0 aromatic heterocycles. The molecule has 2 saturated heterocycles. The van der Waals surface area contributed by atoms with Crippen LogP contribution in [0.3, 0.4) is 0 Å². The molecule has 14 nitrogen and oxygen atoms in total. The Morgan fingerprint density at radius 3 is 1.94 bits per heavy atom. The zero-order chi connectivity index (χ0) is 38.7. The van der Waals surface area contributed by atoms with Crippen LogP contribution >= 0.6 is 0 Å². The molecule has 4 fully saturated rings. The van der Waals surface area contributed by atoms with Crippen LogP contribution in [0.2, 0.25) is 0 Å². The molecule has 2 spiro atoms. The van der Waals surface area contributed by atoms with Crippen LogP contribution in [0.1, 0.15) is 93.9 Å². The normalized spacial score (nSPS) is 26.0. The second-order valence-corrected chi connectivity index (χ2v) is 20.7. The molecule has 51 heavy (non-hydrogen) atoms. The number of hydrogen-bond donors (Lipinski definition) is 3. The topological polar surface area (TPSA) is 189 Å². The highest BCUT2D eigenvalue weighted by atomic mass is 32.2. The summed E-state index contributed by atoms with van der Waals surface area (Å²) in [6.45, 7) is 17.0. The standard InChI is InChI=1S/C36H62N6O8S/c1-32(2,3)23(16-27(43)39-26(33(4,5)6)18-41(11)51(48,49)40(9)10)31(47)42-19-35(34(7,8)36(35)20-50-21-36)17-25(42)30(46)38-24(28(44)29(37)45)15-22-13-12-14-22/h22-26H,12-21H2,1-11H3,(H2,37,45)(H,38,46)(H,39,43)/t23-,24+,25+,26-,35-/m1/s1. The van der Waals surface area contributed by atoms with Crippen LogP contribution in [-0.2, 0) is 38.9 Å². The number of nitrogens with two attached hydrogens (primary N) is 1. The Labute approximate surface area is 304 Å². The molecule has 4 amide bonds. The van der Waals surface area contributed by atoms with Gasteiger partial charge in [-0.05, 0) is 35.0 Å². The molecule has 0 aromatic rings. The van der Waals surface area contributed by atoms with E-state index in [0.29, 0.717) is 32.6 Å². The third-order valence-corrected chi connectivity index (χ3v) is 14.8. The molecule has 2 aliphatic heterocycles. The van der Waals surface area contributed by atoms with Crippen molar-refractivity contribution < 1.29 is 37.1 Å². The number of rotatable bonds is 14. The minimum atomic E-state index is -3.74. The first-order valence-corrected chi connectivity index (χ1v) is 19.6. The first-order valence-electron chi connectivity index (χ1n) is 18.2. The average molecular weight is 739 g/mol. The summed E-state index contributed by atoms with van der Waals surface area (Å²) < 4.78 is 33.6. The molecule has 2 heterocycles. The van der Waals surface area contributed by atoms with Crippen LogP contribution in [0.5, 0.6) is 0 Å². The number of likely N-dealkylation sites (tertiary alicyclic amines) is 1. The van der Waals surface area contributed by atoms with E-state index in [9.17, 15) is 32.4 Å². The number of carbonyl (C=O) groups is 5. The second-order valence-electron chi connectivity index (χ2n) is 18.5. The number of carbonyl (C=O) groups excluding carboxylic acids is 5. The van der Waals surface area contributed by atoms with E-state index in [2.05, 4.69) is 24.5 Å². The first-order chi connectivity index (χ1) is 23.2. The predicted octanol–water partition coefficient (Wildman–Crippen LogP) is 1.68. The predicted molar refractivity (Wildman–Crippen MR) is 192 cm³/mol. The second kappa shape index (κ2) is 14.0. The summed E-state index contributed by atoms with van der Waals surface area (Å²) in [5.74, 6) is -3.85. The first kappa shape index (κ1) is 41.1. The van der Waals surface area contributed by atoms with Crippen molar-refractivity contribution in [2.75, 3.05) is 47.4 Å². The third kappa shape index (κ3) is 7.46. The molecule has 0 radical (unpaired) electrons. The fraction of sp³-hybridized carbons (Fsp3) is 0.861. The van der Waals surface area contributed by atoms with E-state index in [0.717, 1.165) is 23.6 Å². The van der Waals surface area contributed by atoms with Gasteiger partial charge in [-0.15, -0.1) is 0 Å². The number of ether oxygens (including phenoxy) is 1. The van der Waals surface area contributed by atoms with E-state index >= 15 is 0 Å². The summed E-state index contributed by atoms with van der Waals surface area (Å²) in [4.78, 5) is 69.4. The SMILES string of the molecule is CN(C)S(=O)(=O)N(C)C[C@@H](NC(=O)C[C@H](C(=O)N1C[C@]2(C[C@H]1C(=O)N[C@@H](CC1CCC1)C(=O)C(N)=O)C(C)(C)C21COC1)C(C)(C)C)C(C)(C)C. The molecular weight excluding hydrogens is 676 g/mol. The zero-order valence-electron chi connectivity index (χ0n) is 32.6. The van der Waals surface area contributed by atoms with Gasteiger partial charge in [-0.2, -0.15) is 17.0 Å². The zero-order valence-corrected chi connectivity index (χ0v) is 33.4.